The summed E-state index contributed by atoms with van der Waals surface area (Å²) in [6.45, 7) is 4.64. The first kappa shape index (κ1) is 28.1. The first-order chi connectivity index (χ1) is 23.5. The van der Waals surface area contributed by atoms with Gasteiger partial charge in [-0.25, -0.2) is 15.0 Å². The molecule has 1 aliphatic carbocycles. The van der Waals surface area contributed by atoms with Crippen LogP contribution in [0.3, 0.4) is 0 Å². The van der Waals surface area contributed by atoms with Gasteiger partial charge in [-0.1, -0.05) is 135 Å². The molecule has 9 rings (SSSR count). The van der Waals surface area contributed by atoms with Gasteiger partial charge in [0.25, 0.3) is 0 Å². The average molecular weight is 617 g/mol. The van der Waals surface area contributed by atoms with E-state index in [9.17, 15) is 0 Å². The molecule has 2 heterocycles. The van der Waals surface area contributed by atoms with E-state index in [2.05, 4.69) is 116 Å². The third-order valence-corrected chi connectivity index (χ3v) is 9.69. The fourth-order valence-corrected chi connectivity index (χ4v) is 7.23. The third kappa shape index (κ3) is 4.57. The molecule has 0 fully saturated rings. The van der Waals surface area contributed by atoms with Crippen LogP contribution in [0.1, 0.15) is 25.0 Å². The Morgan fingerprint density at radius 3 is 1.52 bits per heavy atom. The van der Waals surface area contributed by atoms with Gasteiger partial charge in [0.15, 0.2) is 17.5 Å². The first-order valence-corrected chi connectivity index (χ1v) is 16.4. The second-order valence-electron chi connectivity index (χ2n) is 12.9. The summed E-state index contributed by atoms with van der Waals surface area (Å²) in [6.07, 6.45) is 2.28. The lowest BCUT2D eigenvalue weighted by atomic mass is 9.82. The minimum atomic E-state index is -0.136. The highest BCUT2D eigenvalue weighted by atomic mass is 15.0. The van der Waals surface area contributed by atoms with Gasteiger partial charge in [-0.05, 0) is 58.1 Å². The van der Waals surface area contributed by atoms with Gasteiger partial charge in [0.2, 0.25) is 0 Å². The molecule has 4 heteroatoms. The molecule has 48 heavy (non-hydrogen) atoms. The Kier molecular flexibility index (Phi) is 6.44. The quantitative estimate of drug-likeness (QED) is 0.193. The maximum atomic E-state index is 5.02. The molecule has 0 bridgehead atoms. The lowest BCUT2D eigenvalue weighted by Gasteiger charge is -2.21. The minimum absolute atomic E-state index is 0.136. The summed E-state index contributed by atoms with van der Waals surface area (Å²) in [5.74, 6) is 1.99. The zero-order chi connectivity index (χ0) is 32.2. The monoisotopic (exact) mass is 616 g/mol. The summed E-state index contributed by atoms with van der Waals surface area (Å²) >= 11 is 0. The summed E-state index contributed by atoms with van der Waals surface area (Å²) in [4.78, 5) is 14.9. The van der Waals surface area contributed by atoms with Crippen molar-refractivity contribution < 1.29 is 0 Å². The van der Waals surface area contributed by atoms with Gasteiger partial charge in [0.05, 0.1) is 5.52 Å². The van der Waals surface area contributed by atoms with Gasteiger partial charge in [-0.3, -0.25) is 0 Å². The molecule has 228 valence electrons. The molecule has 0 saturated heterocycles. The summed E-state index contributed by atoms with van der Waals surface area (Å²) in [7, 11) is 0. The summed E-state index contributed by atoms with van der Waals surface area (Å²) in [5.41, 5.74) is 12.7. The molecular weight excluding hydrogens is 585 g/mol. The third-order valence-electron chi connectivity index (χ3n) is 9.69. The van der Waals surface area contributed by atoms with Crippen LogP contribution in [-0.4, -0.2) is 19.5 Å². The predicted octanol–water partition coefficient (Wildman–Crippen LogP) is 10.8. The Morgan fingerprint density at radius 2 is 0.917 bits per heavy atom. The molecular formula is C44H32N4. The van der Waals surface area contributed by atoms with Crippen molar-refractivity contribution in [1.29, 1.82) is 0 Å². The van der Waals surface area contributed by atoms with Crippen molar-refractivity contribution in [2.75, 3.05) is 0 Å². The van der Waals surface area contributed by atoms with E-state index >= 15 is 0 Å². The average Bonchev–Trinajstić information content (AvgIpc) is 3.65. The van der Waals surface area contributed by atoms with E-state index in [1.54, 1.807) is 0 Å². The van der Waals surface area contributed by atoms with E-state index in [-0.39, 0.29) is 5.41 Å². The van der Waals surface area contributed by atoms with Crippen LogP contribution in [0.5, 0.6) is 0 Å². The molecule has 8 aromatic rings. The lowest BCUT2D eigenvalue weighted by Crippen LogP contribution is -2.14. The van der Waals surface area contributed by atoms with E-state index in [4.69, 9.17) is 15.0 Å². The Morgan fingerprint density at radius 1 is 0.438 bits per heavy atom. The number of hydrogen-bond acceptors (Lipinski definition) is 3. The molecule has 6 aromatic carbocycles. The van der Waals surface area contributed by atoms with E-state index in [1.165, 1.54) is 44.3 Å². The van der Waals surface area contributed by atoms with Gasteiger partial charge in [-0.2, -0.15) is 0 Å². The number of para-hydroxylation sites is 2. The maximum absolute atomic E-state index is 5.02. The molecule has 0 aliphatic heterocycles. The molecule has 2 aromatic heterocycles. The van der Waals surface area contributed by atoms with Gasteiger partial charge in [0, 0.05) is 44.9 Å². The van der Waals surface area contributed by atoms with E-state index < -0.39 is 0 Å². The molecule has 0 saturated carbocycles. The molecule has 0 amide bonds. The highest BCUT2D eigenvalue weighted by Gasteiger charge is 2.36. The van der Waals surface area contributed by atoms with Crippen molar-refractivity contribution in [2.24, 2.45) is 0 Å². The normalized spacial score (nSPS) is 13.0. The molecule has 1 aliphatic rings. The maximum Gasteiger partial charge on any atom is 0.164 e. The van der Waals surface area contributed by atoms with Crippen LogP contribution >= 0.6 is 0 Å². The van der Waals surface area contributed by atoms with E-state index in [0.29, 0.717) is 17.5 Å². The van der Waals surface area contributed by atoms with Crippen LogP contribution < -0.4 is 0 Å². The van der Waals surface area contributed by atoms with Crippen molar-refractivity contribution in [3.05, 3.63) is 169 Å². The first-order valence-electron chi connectivity index (χ1n) is 16.4. The number of rotatable bonds is 5. The smallest absolute Gasteiger partial charge is 0.164 e. The fraction of sp³-hybridized carbons (Fsp3) is 0.0682. The highest BCUT2D eigenvalue weighted by Crippen LogP contribution is 2.51. The number of benzene rings is 6. The lowest BCUT2D eigenvalue weighted by molar-refractivity contribution is 0.660. The summed E-state index contributed by atoms with van der Waals surface area (Å²) < 4.78 is 2.29. The van der Waals surface area contributed by atoms with Gasteiger partial charge in [-0.15, -0.1) is 0 Å². The van der Waals surface area contributed by atoms with E-state index in [1.807, 2.05) is 60.7 Å². The van der Waals surface area contributed by atoms with Crippen molar-refractivity contribution in [3.8, 4) is 62.1 Å². The molecule has 0 N–H and O–H groups in total. The predicted molar refractivity (Wildman–Crippen MR) is 196 cm³/mol. The van der Waals surface area contributed by atoms with Crippen molar-refractivity contribution in [1.82, 2.24) is 19.5 Å². The SMILES string of the molecule is CC1(C)c2ccc(-c3nc(-c4ccccc4)nc(-c4ccccc4)n3)cc2-c2cc(-c3cn(-c4ccccc4)c4ccccc34)ccc21. The minimum Gasteiger partial charge on any atom is -0.316 e. The molecule has 0 unspecified atom stereocenters. The largest absolute Gasteiger partial charge is 0.316 e. The summed E-state index contributed by atoms with van der Waals surface area (Å²) in [6, 6.07) is 53.2. The number of hydrogen-bond donors (Lipinski definition) is 0. The molecule has 4 nitrogen and oxygen atoms in total. The Balaban J connectivity index is 1.20. The van der Waals surface area contributed by atoms with Gasteiger partial charge >= 0.3 is 0 Å². The Hall–Kier alpha value is -6.13. The van der Waals surface area contributed by atoms with E-state index in [0.717, 1.165) is 22.4 Å². The highest BCUT2D eigenvalue weighted by molar-refractivity contribution is 5.98. The zero-order valence-electron chi connectivity index (χ0n) is 26.8. The van der Waals surface area contributed by atoms with Crippen LogP contribution in [-0.2, 0) is 5.41 Å². The number of nitrogens with zero attached hydrogens (tertiary/aromatic N) is 4. The second-order valence-corrected chi connectivity index (χ2v) is 12.9. The van der Waals surface area contributed by atoms with Gasteiger partial charge < -0.3 is 4.57 Å². The zero-order valence-corrected chi connectivity index (χ0v) is 26.8. The van der Waals surface area contributed by atoms with Crippen LogP contribution in [0, 0.1) is 0 Å². The second kappa shape index (κ2) is 11.0. The Labute approximate surface area is 280 Å². The molecule has 0 spiro atoms. The fourth-order valence-electron chi connectivity index (χ4n) is 7.23. The van der Waals surface area contributed by atoms with Gasteiger partial charge in [0.1, 0.15) is 0 Å². The standard InChI is InChI=1S/C44H32N4/c1-44(2)38-24-22-31(37-28-48(33-18-10-5-11-19-33)40-21-13-12-20-34(37)40)26-35(38)36-27-32(23-25-39(36)44)43-46-41(29-14-6-3-7-15-29)45-42(47-43)30-16-8-4-9-17-30/h3-28H,1-2H3. The Bertz CT molecular complexity index is 2400. The van der Waals surface area contributed by atoms with Crippen molar-refractivity contribution >= 4 is 10.9 Å². The van der Waals surface area contributed by atoms with Crippen LogP contribution in [0.15, 0.2) is 158 Å². The van der Waals surface area contributed by atoms with Crippen molar-refractivity contribution in [3.63, 3.8) is 0 Å². The number of fused-ring (bicyclic) bond motifs is 4. The topological polar surface area (TPSA) is 43.6 Å². The van der Waals surface area contributed by atoms with Crippen molar-refractivity contribution in [2.45, 2.75) is 19.3 Å². The number of aromatic nitrogens is 4. The van der Waals surface area contributed by atoms with Crippen LogP contribution in [0.25, 0.3) is 73.0 Å². The van der Waals surface area contributed by atoms with Crippen LogP contribution in [0.4, 0.5) is 0 Å². The van der Waals surface area contributed by atoms with Crippen LogP contribution in [0.2, 0.25) is 0 Å². The molecule has 0 radical (unpaired) electrons. The summed E-state index contributed by atoms with van der Waals surface area (Å²) in [5, 5.41) is 1.24. The molecule has 0 atom stereocenters.